The van der Waals surface area contributed by atoms with Crippen molar-refractivity contribution in [3.63, 3.8) is 0 Å². The van der Waals surface area contributed by atoms with Gasteiger partial charge in [0.15, 0.2) is 5.11 Å². The number of para-hydroxylation sites is 2. The predicted molar refractivity (Wildman–Crippen MR) is 90.7 cm³/mol. The van der Waals surface area contributed by atoms with Gasteiger partial charge in [0.05, 0.1) is 5.71 Å². The van der Waals surface area contributed by atoms with Crippen molar-refractivity contribution in [2.45, 2.75) is 13.3 Å². The average molecular weight is 299 g/mol. The van der Waals surface area contributed by atoms with Crippen LogP contribution in [0.15, 0.2) is 59.7 Å². The average Bonchev–Trinajstić information content (AvgIpc) is 2.50. The van der Waals surface area contributed by atoms with Gasteiger partial charge in [0.2, 0.25) is 0 Å². The summed E-state index contributed by atoms with van der Waals surface area (Å²) in [6.45, 7) is 1.97. The van der Waals surface area contributed by atoms with E-state index in [1.54, 1.807) is 12.1 Å². The molecule has 2 rings (SSSR count). The van der Waals surface area contributed by atoms with Gasteiger partial charge in [-0.3, -0.25) is 5.43 Å². The molecule has 0 heterocycles. The molecule has 0 amide bonds. The zero-order valence-electron chi connectivity index (χ0n) is 11.7. The first-order chi connectivity index (χ1) is 10.2. The Balaban J connectivity index is 2.05. The molecule has 108 valence electrons. The molecule has 0 aliphatic rings. The normalized spacial score (nSPS) is 11.0. The Hall–Kier alpha value is -2.40. The molecule has 3 N–H and O–H groups in total. The van der Waals surface area contributed by atoms with E-state index in [1.165, 1.54) is 0 Å². The van der Waals surface area contributed by atoms with Crippen LogP contribution >= 0.6 is 12.2 Å². The van der Waals surface area contributed by atoms with Crippen molar-refractivity contribution in [3.05, 3.63) is 60.2 Å². The smallest absolute Gasteiger partial charge is 0.191 e. The first-order valence-electron chi connectivity index (χ1n) is 6.67. The fourth-order valence-corrected chi connectivity index (χ4v) is 2.01. The second-order valence-electron chi connectivity index (χ2n) is 4.36. The molecule has 2 aromatic rings. The van der Waals surface area contributed by atoms with Crippen molar-refractivity contribution in [3.8, 4) is 5.75 Å². The Morgan fingerprint density at radius 1 is 1.10 bits per heavy atom. The third kappa shape index (κ3) is 4.29. The van der Waals surface area contributed by atoms with Gasteiger partial charge in [-0.1, -0.05) is 37.3 Å². The van der Waals surface area contributed by atoms with E-state index in [0.29, 0.717) is 17.1 Å². The number of aromatic hydroxyl groups is 1. The molecule has 0 spiro atoms. The first-order valence-corrected chi connectivity index (χ1v) is 7.08. The van der Waals surface area contributed by atoms with Crippen molar-refractivity contribution >= 4 is 28.7 Å². The summed E-state index contributed by atoms with van der Waals surface area (Å²) in [4.78, 5) is 0. The molecule has 4 nitrogen and oxygen atoms in total. The van der Waals surface area contributed by atoms with Crippen LogP contribution in [0.4, 0.5) is 5.69 Å². The first kappa shape index (κ1) is 15.0. The van der Waals surface area contributed by atoms with Gasteiger partial charge < -0.3 is 10.4 Å². The molecule has 0 aliphatic carbocycles. The molecule has 21 heavy (non-hydrogen) atoms. The molecule has 2 aromatic carbocycles. The van der Waals surface area contributed by atoms with E-state index in [1.807, 2.05) is 49.4 Å². The molecule has 0 saturated carbocycles. The molecule has 0 atom stereocenters. The van der Waals surface area contributed by atoms with E-state index < -0.39 is 0 Å². The highest BCUT2D eigenvalue weighted by Crippen LogP contribution is 2.17. The molecule has 0 fully saturated rings. The fraction of sp³-hybridized carbons (Fsp3) is 0.125. The number of nitrogens with zero attached hydrogens (tertiary/aromatic N) is 1. The Bertz CT molecular complexity index is 641. The fourth-order valence-electron chi connectivity index (χ4n) is 1.85. The molecule has 0 aliphatic heterocycles. The van der Waals surface area contributed by atoms with E-state index in [9.17, 15) is 5.11 Å². The summed E-state index contributed by atoms with van der Waals surface area (Å²) in [5.74, 6) is 0.210. The summed E-state index contributed by atoms with van der Waals surface area (Å²) in [5, 5.41) is 17.6. The van der Waals surface area contributed by atoms with Crippen LogP contribution in [-0.2, 0) is 0 Å². The number of phenolic OH excluding ortho intramolecular Hbond substituents is 1. The van der Waals surface area contributed by atoms with Gasteiger partial charge in [-0.15, -0.1) is 0 Å². The van der Waals surface area contributed by atoms with E-state index in [0.717, 1.165) is 11.4 Å². The van der Waals surface area contributed by atoms with Crippen LogP contribution in [0.1, 0.15) is 18.9 Å². The van der Waals surface area contributed by atoms with Crippen LogP contribution in [0.3, 0.4) is 0 Å². The summed E-state index contributed by atoms with van der Waals surface area (Å²) >= 11 is 5.19. The maximum Gasteiger partial charge on any atom is 0.191 e. The van der Waals surface area contributed by atoms with Gasteiger partial charge in [0.1, 0.15) is 5.75 Å². The summed E-state index contributed by atoms with van der Waals surface area (Å²) in [7, 11) is 0. The minimum absolute atomic E-state index is 0.210. The van der Waals surface area contributed by atoms with Gasteiger partial charge in [0.25, 0.3) is 0 Å². The standard InChI is InChI=1S/C16H17N3OS/c1-2-14(13-10-6-7-11-15(13)20)18-19-16(21)17-12-8-4-3-5-9-12/h3-11,20H,2H2,1H3,(H2,17,19,21)/b18-14+. The molecular weight excluding hydrogens is 282 g/mol. The largest absolute Gasteiger partial charge is 0.507 e. The van der Waals surface area contributed by atoms with E-state index >= 15 is 0 Å². The number of phenols is 1. The number of nitrogens with one attached hydrogen (secondary N) is 2. The zero-order chi connectivity index (χ0) is 15.1. The van der Waals surface area contributed by atoms with Crippen molar-refractivity contribution in [1.82, 2.24) is 5.43 Å². The number of thiocarbonyl (C=S) groups is 1. The van der Waals surface area contributed by atoms with Gasteiger partial charge in [0, 0.05) is 11.3 Å². The van der Waals surface area contributed by atoms with Crippen LogP contribution in [0.5, 0.6) is 5.75 Å². The lowest BCUT2D eigenvalue weighted by atomic mass is 10.1. The lowest BCUT2D eigenvalue weighted by molar-refractivity contribution is 0.474. The van der Waals surface area contributed by atoms with Crippen molar-refractivity contribution in [2.24, 2.45) is 5.10 Å². The molecular formula is C16H17N3OS. The maximum atomic E-state index is 9.86. The third-order valence-corrected chi connectivity index (χ3v) is 3.07. The lowest BCUT2D eigenvalue weighted by Gasteiger charge is -2.09. The third-order valence-electron chi connectivity index (χ3n) is 2.87. The predicted octanol–water partition coefficient (Wildman–Crippen LogP) is 3.49. The van der Waals surface area contributed by atoms with Gasteiger partial charge >= 0.3 is 0 Å². The minimum atomic E-state index is 0.210. The van der Waals surface area contributed by atoms with Crippen molar-refractivity contribution in [2.75, 3.05) is 5.32 Å². The van der Waals surface area contributed by atoms with Crippen LogP contribution in [0.25, 0.3) is 0 Å². The quantitative estimate of drug-likeness (QED) is 0.459. The molecule has 5 heteroatoms. The van der Waals surface area contributed by atoms with Gasteiger partial charge in [-0.05, 0) is 42.9 Å². The van der Waals surface area contributed by atoms with Crippen molar-refractivity contribution in [1.29, 1.82) is 0 Å². The molecule has 0 bridgehead atoms. The summed E-state index contributed by atoms with van der Waals surface area (Å²) in [6.07, 6.45) is 0.679. The summed E-state index contributed by atoms with van der Waals surface area (Å²) in [6, 6.07) is 16.7. The second kappa shape index (κ2) is 7.40. The second-order valence-corrected chi connectivity index (χ2v) is 4.77. The summed E-state index contributed by atoms with van der Waals surface area (Å²) in [5.41, 5.74) is 5.14. The highest BCUT2D eigenvalue weighted by atomic mass is 32.1. The Labute approximate surface area is 129 Å². The number of hydrazone groups is 1. The van der Waals surface area contributed by atoms with Crippen LogP contribution < -0.4 is 10.7 Å². The van der Waals surface area contributed by atoms with Crippen LogP contribution in [0, 0.1) is 0 Å². The number of benzene rings is 2. The molecule has 0 aromatic heterocycles. The number of hydrogen-bond acceptors (Lipinski definition) is 3. The summed E-state index contributed by atoms with van der Waals surface area (Å²) < 4.78 is 0. The Morgan fingerprint density at radius 3 is 2.43 bits per heavy atom. The van der Waals surface area contributed by atoms with Crippen molar-refractivity contribution < 1.29 is 5.11 Å². The molecule has 0 radical (unpaired) electrons. The topological polar surface area (TPSA) is 56.7 Å². The minimum Gasteiger partial charge on any atom is -0.507 e. The van der Waals surface area contributed by atoms with Gasteiger partial charge in [-0.25, -0.2) is 0 Å². The highest BCUT2D eigenvalue weighted by molar-refractivity contribution is 7.80. The van der Waals surface area contributed by atoms with Gasteiger partial charge in [-0.2, -0.15) is 5.10 Å². The van der Waals surface area contributed by atoms with Crippen LogP contribution in [-0.4, -0.2) is 15.9 Å². The Kier molecular flexibility index (Phi) is 5.29. The SMILES string of the molecule is CC/C(=N\NC(=S)Nc1ccccc1)c1ccccc1O. The van der Waals surface area contributed by atoms with E-state index in [2.05, 4.69) is 15.8 Å². The number of rotatable bonds is 4. The van der Waals surface area contributed by atoms with Crippen LogP contribution in [0.2, 0.25) is 0 Å². The highest BCUT2D eigenvalue weighted by Gasteiger charge is 2.06. The Morgan fingerprint density at radius 2 is 1.76 bits per heavy atom. The number of anilines is 1. The lowest BCUT2D eigenvalue weighted by Crippen LogP contribution is -2.25. The molecule has 0 unspecified atom stereocenters. The maximum absolute atomic E-state index is 9.86. The number of hydrogen-bond donors (Lipinski definition) is 3. The van der Waals surface area contributed by atoms with E-state index in [4.69, 9.17) is 12.2 Å². The molecule has 0 saturated heterocycles. The zero-order valence-corrected chi connectivity index (χ0v) is 12.5. The van der Waals surface area contributed by atoms with E-state index in [-0.39, 0.29) is 5.75 Å². The monoisotopic (exact) mass is 299 g/mol.